The molecule has 2 fully saturated rings. The average Bonchev–Trinajstić information content (AvgIpc) is 2.23. The molecule has 2 heterocycles. The third kappa shape index (κ3) is 1.55. The molecule has 0 aromatic carbocycles. The fourth-order valence-electron chi connectivity index (χ4n) is 2.02. The molecule has 2 rings (SSSR count). The molecule has 3 N–H and O–H groups in total. The molecule has 5 nitrogen and oxygen atoms in total. The van der Waals surface area contributed by atoms with Gasteiger partial charge in [0, 0.05) is 6.42 Å². The summed E-state index contributed by atoms with van der Waals surface area (Å²) in [6.45, 7) is 0.540. The third-order valence-electron chi connectivity index (χ3n) is 2.93. The van der Waals surface area contributed by atoms with Gasteiger partial charge in [-0.1, -0.05) is 0 Å². The summed E-state index contributed by atoms with van der Waals surface area (Å²) >= 11 is 0. The van der Waals surface area contributed by atoms with Crippen LogP contribution < -0.4 is 0 Å². The van der Waals surface area contributed by atoms with Crippen molar-refractivity contribution in [2.24, 2.45) is 0 Å². The zero-order chi connectivity index (χ0) is 10.2. The molecule has 0 bridgehead atoms. The Morgan fingerprint density at radius 1 is 1.07 bits per heavy atom. The monoisotopic (exact) mass is 204 g/mol. The molecule has 0 unspecified atom stereocenters. The van der Waals surface area contributed by atoms with E-state index < -0.39 is 24.1 Å². The molecule has 0 aromatic rings. The topological polar surface area (TPSA) is 79.2 Å². The Morgan fingerprint density at radius 2 is 1.86 bits per heavy atom. The second kappa shape index (κ2) is 3.75. The van der Waals surface area contributed by atoms with E-state index in [1.54, 1.807) is 0 Å². The Balaban J connectivity index is 2.11. The van der Waals surface area contributed by atoms with Gasteiger partial charge in [-0.3, -0.25) is 0 Å². The highest BCUT2D eigenvalue weighted by Crippen LogP contribution is 2.34. The fraction of sp³-hybridized carbons (Fsp3) is 1.00. The van der Waals surface area contributed by atoms with Crippen LogP contribution in [0, 0.1) is 0 Å². The van der Waals surface area contributed by atoms with E-state index in [0.717, 1.165) is 12.8 Å². The number of hydrogen-bond donors (Lipinski definition) is 3. The van der Waals surface area contributed by atoms with Gasteiger partial charge in [0.2, 0.25) is 0 Å². The van der Waals surface area contributed by atoms with E-state index in [-0.39, 0.29) is 6.61 Å². The van der Waals surface area contributed by atoms with Gasteiger partial charge in [0.15, 0.2) is 5.79 Å². The van der Waals surface area contributed by atoms with Crippen molar-refractivity contribution in [3.05, 3.63) is 0 Å². The molecule has 2 aliphatic heterocycles. The third-order valence-corrected chi connectivity index (χ3v) is 2.93. The van der Waals surface area contributed by atoms with Crippen molar-refractivity contribution < 1.29 is 24.8 Å². The van der Waals surface area contributed by atoms with Crippen LogP contribution >= 0.6 is 0 Å². The fourth-order valence-corrected chi connectivity index (χ4v) is 2.02. The highest BCUT2D eigenvalue weighted by atomic mass is 16.7. The lowest BCUT2D eigenvalue weighted by atomic mass is 9.91. The predicted molar refractivity (Wildman–Crippen MR) is 46.5 cm³/mol. The van der Waals surface area contributed by atoms with Crippen LogP contribution in [0.3, 0.4) is 0 Å². The summed E-state index contributed by atoms with van der Waals surface area (Å²) in [5.41, 5.74) is 0. The molecule has 82 valence electrons. The summed E-state index contributed by atoms with van der Waals surface area (Å²) in [6.07, 6.45) is -0.955. The van der Waals surface area contributed by atoms with Crippen LogP contribution in [-0.2, 0) is 9.47 Å². The van der Waals surface area contributed by atoms with Gasteiger partial charge in [0.05, 0.1) is 13.2 Å². The highest BCUT2D eigenvalue weighted by molar-refractivity contribution is 4.93. The van der Waals surface area contributed by atoms with Crippen LogP contribution in [0.4, 0.5) is 0 Å². The van der Waals surface area contributed by atoms with Crippen molar-refractivity contribution in [3.63, 3.8) is 0 Å². The molecule has 4 atom stereocenters. The van der Waals surface area contributed by atoms with Crippen molar-refractivity contribution in [1.29, 1.82) is 0 Å². The Kier molecular flexibility index (Phi) is 2.77. The normalized spacial score (nSPS) is 49.5. The Morgan fingerprint density at radius 3 is 2.50 bits per heavy atom. The Bertz CT molecular complexity index is 201. The highest BCUT2D eigenvalue weighted by Gasteiger charge is 2.51. The molecule has 14 heavy (non-hydrogen) atoms. The lowest BCUT2D eigenvalue weighted by Gasteiger charge is -2.46. The van der Waals surface area contributed by atoms with Crippen LogP contribution in [0.25, 0.3) is 0 Å². The summed E-state index contributed by atoms with van der Waals surface area (Å²) < 4.78 is 10.7. The second-order valence-electron chi connectivity index (χ2n) is 3.93. The van der Waals surface area contributed by atoms with Crippen LogP contribution in [0.5, 0.6) is 0 Å². The average molecular weight is 204 g/mol. The van der Waals surface area contributed by atoms with Crippen LogP contribution in [0.2, 0.25) is 0 Å². The number of rotatable bonds is 0. The summed E-state index contributed by atoms with van der Waals surface area (Å²) in [5.74, 6) is -1.09. The largest absolute Gasteiger partial charge is 0.388 e. The van der Waals surface area contributed by atoms with Crippen LogP contribution in [0.15, 0.2) is 0 Å². The second-order valence-corrected chi connectivity index (χ2v) is 3.93. The number of ether oxygens (including phenoxy) is 2. The summed E-state index contributed by atoms with van der Waals surface area (Å²) in [5, 5.41) is 28.5. The van der Waals surface area contributed by atoms with Crippen molar-refractivity contribution in [2.45, 2.75) is 43.4 Å². The number of hydrogen-bond acceptors (Lipinski definition) is 5. The Labute approximate surface area is 82.3 Å². The van der Waals surface area contributed by atoms with E-state index in [2.05, 4.69) is 0 Å². The zero-order valence-electron chi connectivity index (χ0n) is 7.93. The first-order valence-corrected chi connectivity index (χ1v) is 4.98. The molecule has 0 amide bonds. The molecule has 0 saturated carbocycles. The van der Waals surface area contributed by atoms with Crippen molar-refractivity contribution in [2.75, 3.05) is 13.2 Å². The first-order chi connectivity index (χ1) is 6.66. The van der Waals surface area contributed by atoms with Crippen molar-refractivity contribution in [3.8, 4) is 0 Å². The van der Waals surface area contributed by atoms with Gasteiger partial charge >= 0.3 is 0 Å². The minimum Gasteiger partial charge on any atom is -0.388 e. The molecule has 0 aliphatic carbocycles. The summed E-state index contributed by atoms with van der Waals surface area (Å²) in [7, 11) is 0. The van der Waals surface area contributed by atoms with Gasteiger partial charge in [0.25, 0.3) is 0 Å². The zero-order valence-corrected chi connectivity index (χ0v) is 7.93. The van der Waals surface area contributed by atoms with E-state index in [1.807, 2.05) is 0 Å². The molecule has 0 radical (unpaired) electrons. The maximum atomic E-state index is 9.76. The van der Waals surface area contributed by atoms with E-state index in [0.29, 0.717) is 13.0 Å². The van der Waals surface area contributed by atoms with Crippen LogP contribution in [-0.4, -0.2) is 52.6 Å². The minimum atomic E-state index is -1.18. The SMILES string of the molecule is O[C@@H]1[C@H](O)CO[C@]2(CCCCO2)[C@@H]1O. The van der Waals surface area contributed by atoms with Gasteiger partial charge < -0.3 is 24.8 Å². The number of aliphatic hydroxyl groups excluding tert-OH is 3. The van der Waals surface area contributed by atoms with E-state index in [4.69, 9.17) is 9.47 Å². The predicted octanol–water partition coefficient (Wildman–Crippen LogP) is -1.00. The summed E-state index contributed by atoms with van der Waals surface area (Å²) in [4.78, 5) is 0. The minimum absolute atomic E-state index is 0.0121. The lowest BCUT2D eigenvalue weighted by Crippen LogP contribution is -2.62. The molecular formula is C9H16O5. The smallest absolute Gasteiger partial charge is 0.197 e. The summed E-state index contributed by atoms with van der Waals surface area (Å²) in [6, 6.07) is 0. The van der Waals surface area contributed by atoms with Gasteiger partial charge in [-0.25, -0.2) is 0 Å². The molecule has 0 aromatic heterocycles. The molecule has 1 spiro atoms. The first-order valence-electron chi connectivity index (χ1n) is 4.98. The van der Waals surface area contributed by atoms with Gasteiger partial charge in [-0.05, 0) is 12.8 Å². The van der Waals surface area contributed by atoms with Crippen molar-refractivity contribution in [1.82, 2.24) is 0 Å². The van der Waals surface area contributed by atoms with Gasteiger partial charge in [0.1, 0.15) is 18.3 Å². The maximum Gasteiger partial charge on any atom is 0.197 e. The van der Waals surface area contributed by atoms with Crippen molar-refractivity contribution >= 4 is 0 Å². The van der Waals surface area contributed by atoms with E-state index >= 15 is 0 Å². The molecule has 2 aliphatic rings. The molecule has 2 saturated heterocycles. The van der Waals surface area contributed by atoms with Crippen LogP contribution in [0.1, 0.15) is 19.3 Å². The molecule has 5 heteroatoms. The number of aliphatic hydroxyl groups is 3. The Hall–Kier alpha value is -0.200. The quantitative estimate of drug-likeness (QED) is 0.471. The maximum absolute atomic E-state index is 9.76. The van der Waals surface area contributed by atoms with Gasteiger partial charge in [-0.2, -0.15) is 0 Å². The molecular weight excluding hydrogens is 188 g/mol. The van der Waals surface area contributed by atoms with Gasteiger partial charge in [-0.15, -0.1) is 0 Å². The first kappa shape index (κ1) is 10.3. The van der Waals surface area contributed by atoms with E-state index in [1.165, 1.54) is 0 Å². The lowest BCUT2D eigenvalue weighted by molar-refractivity contribution is -0.349. The van der Waals surface area contributed by atoms with E-state index in [9.17, 15) is 15.3 Å². The standard InChI is InChI=1S/C9H16O5/c10-6-5-14-9(8(12)7(6)11)3-1-2-4-13-9/h6-8,10-12H,1-5H2/t6-,7-,8-,9-/m1/s1.